The first-order valence-electron chi connectivity index (χ1n) is 6.85. The smallest absolute Gasteiger partial charge is 0.0488 e. The summed E-state index contributed by atoms with van der Waals surface area (Å²) >= 11 is 0. The van der Waals surface area contributed by atoms with Crippen molar-refractivity contribution in [1.82, 2.24) is 4.57 Å². The van der Waals surface area contributed by atoms with Crippen LogP contribution in [-0.4, -0.2) is 11.1 Å². The highest BCUT2D eigenvalue weighted by Gasteiger charge is 2.11. The van der Waals surface area contributed by atoms with Crippen LogP contribution in [0, 0.1) is 13.8 Å². The first-order valence-corrected chi connectivity index (χ1v) is 6.85. The second-order valence-corrected chi connectivity index (χ2v) is 5.50. The molecule has 2 aromatic rings. The number of hydrogen-bond donors (Lipinski definition) is 1. The average Bonchev–Trinajstić information content (AvgIpc) is 2.66. The lowest BCUT2D eigenvalue weighted by Crippen LogP contribution is -2.00. The van der Waals surface area contributed by atoms with Crippen molar-refractivity contribution in [3.8, 4) is 0 Å². The molecule has 2 rings (SSSR count). The van der Waals surface area contributed by atoms with Gasteiger partial charge in [-0.25, -0.2) is 0 Å². The minimum absolute atomic E-state index is 0.501. The maximum Gasteiger partial charge on any atom is 0.0488 e. The molecule has 0 saturated carbocycles. The van der Waals surface area contributed by atoms with Crippen LogP contribution in [0.25, 0.3) is 10.9 Å². The number of hydrogen-bond acceptors (Lipinski definition) is 1. The summed E-state index contributed by atoms with van der Waals surface area (Å²) in [5.41, 5.74) is 11.2. The number of aryl methyl sites for hydroxylation is 3. The molecule has 0 aliphatic rings. The van der Waals surface area contributed by atoms with Crippen LogP contribution in [0.4, 0.5) is 0 Å². The van der Waals surface area contributed by atoms with Gasteiger partial charge in [0.15, 0.2) is 0 Å². The van der Waals surface area contributed by atoms with Crippen molar-refractivity contribution in [2.24, 2.45) is 5.73 Å². The summed E-state index contributed by atoms with van der Waals surface area (Å²) in [5, 5.41) is 1.40. The van der Waals surface area contributed by atoms with E-state index in [-0.39, 0.29) is 0 Å². The number of aromatic nitrogens is 1. The molecule has 2 heteroatoms. The fourth-order valence-corrected chi connectivity index (χ4v) is 2.50. The van der Waals surface area contributed by atoms with E-state index in [1.54, 1.807) is 0 Å². The Morgan fingerprint density at radius 1 is 1.17 bits per heavy atom. The third-order valence-electron chi connectivity index (χ3n) is 3.74. The molecular weight excluding hydrogens is 220 g/mol. The Hall–Kier alpha value is -1.28. The van der Waals surface area contributed by atoms with Gasteiger partial charge < -0.3 is 10.3 Å². The summed E-state index contributed by atoms with van der Waals surface area (Å²) in [5.74, 6) is 0. The Bertz CT molecular complexity index is 550. The Kier molecular flexibility index (Phi) is 3.76. The van der Waals surface area contributed by atoms with E-state index in [2.05, 4.69) is 50.6 Å². The third kappa shape index (κ3) is 2.30. The van der Waals surface area contributed by atoms with Gasteiger partial charge in [0.2, 0.25) is 0 Å². The highest BCUT2D eigenvalue weighted by Crippen LogP contribution is 2.28. The molecule has 1 heterocycles. The molecule has 18 heavy (non-hydrogen) atoms. The number of fused-ring (bicyclic) bond motifs is 1. The highest BCUT2D eigenvalue weighted by molar-refractivity contribution is 5.85. The van der Waals surface area contributed by atoms with Crippen LogP contribution in [-0.2, 0) is 6.42 Å². The number of nitrogens with two attached hydrogens (primary N) is 1. The molecular formula is C16H24N2. The second-order valence-electron chi connectivity index (χ2n) is 5.50. The lowest BCUT2D eigenvalue weighted by atomic mass is 10.0. The van der Waals surface area contributed by atoms with E-state index in [1.807, 2.05) is 0 Å². The molecule has 2 nitrogen and oxygen atoms in total. The SMILES string of the molecule is Cc1cc2c(CCCN)cn(C(C)C)c2cc1C. The van der Waals surface area contributed by atoms with Crippen LogP contribution in [0.2, 0.25) is 0 Å². The van der Waals surface area contributed by atoms with Crippen molar-refractivity contribution in [2.75, 3.05) is 6.54 Å². The molecule has 0 amide bonds. The molecule has 1 aromatic heterocycles. The maximum atomic E-state index is 5.63. The van der Waals surface area contributed by atoms with Crippen LogP contribution >= 0.6 is 0 Å². The fraction of sp³-hybridized carbons (Fsp3) is 0.500. The zero-order chi connectivity index (χ0) is 13.3. The van der Waals surface area contributed by atoms with Gasteiger partial charge in [-0.3, -0.25) is 0 Å². The van der Waals surface area contributed by atoms with Crippen LogP contribution < -0.4 is 5.73 Å². The zero-order valence-electron chi connectivity index (χ0n) is 12.0. The lowest BCUT2D eigenvalue weighted by molar-refractivity contribution is 0.620. The molecule has 2 N–H and O–H groups in total. The summed E-state index contributed by atoms with van der Waals surface area (Å²) < 4.78 is 2.38. The summed E-state index contributed by atoms with van der Waals surface area (Å²) in [6, 6.07) is 5.15. The standard InChI is InChI=1S/C16H24N2/c1-11(2)18-10-14(6-5-7-17)15-8-12(3)13(4)9-16(15)18/h8-11H,5-7,17H2,1-4H3. The van der Waals surface area contributed by atoms with Crippen molar-refractivity contribution in [1.29, 1.82) is 0 Å². The molecule has 0 atom stereocenters. The number of benzene rings is 1. The van der Waals surface area contributed by atoms with Gasteiger partial charge in [0.1, 0.15) is 0 Å². The normalized spacial score (nSPS) is 11.7. The molecule has 0 aliphatic heterocycles. The van der Waals surface area contributed by atoms with Crippen molar-refractivity contribution in [2.45, 2.75) is 46.6 Å². The molecule has 0 unspecified atom stereocenters. The minimum Gasteiger partial charge on any atom is -0.345 e. The molecule has 0 spiro atoms. The van der Waals surface area contributed by atoms with Crippen molar-refractivity contribution < 1.29 is 0 Å². The van der Waals surface area contributed by atoms with Crippen LogP contribution in [0.1, 0.15) is 43.0 Å². The minimum atomic E-state index is 0.501. The monoisotopic (exact) mass is 244 g/mol. The summed E-state index contributed by atoms with van der Waals surface area (Å²) in [6.07, 6.45) is 4.45. The van der Waals surface area contributed by atoms with Gasteiger partial charge >= 0.3 is 0 Å². The third-order valence-corrected chi connectivity index (χ3v) is 3.74. The molecule has 0 fully saturated rings. The zero-order valence-corrected chi connectivity index (χ0v) is 12.0. The van der Waals surface area contributed by atoms with Crippen LogP contribution in [0.3, 0.4) is 0 Å². The Labute approximate surface area is 110 Å². The maximum absolute atomic E-state index is 5.63. The van der Waals surface area contributed by atoms with Gasteiger partial charge in [-0.15, -0.1) is 0 Å². The fourth-order valence-electron chi connectivity index (χ4n) is 2.50. The Morgan fingerprint density at radius 3 is 2.44 bits per heavy atom. The lowest BCUT2D eigenvalue weighted by Gasteiger charge is -2.10. The number of nitrogens with zero attached hydrogens (tertiary/aromatic N) is 1. The van der Waals surface area contributed by atoms with Crippen molar-refractivity contribution >= 4 is 10.9 Å². The average molecular weight is 244 g/mol. The summed E-state index contributed by atoms with van der Waals surface area (Å²) in [4.78, 5) is 0. The molecule has 1 aromatic carbocycles. The summed E-state index contributed by atoms with van der Waals surface area (Å²) in [6.45, 7) is 9.61. The largest absolute Gasteiger partial charge is 0.345 e. The van der Waals surface area contributed by atoms with Gasteiger partial charge in [0, 0.05) is 23.1 Å². The molecule has 0 saturated heterocycles. The van der Waals surface area contributed by atoms with E-state index in [0.29, 0.717) is 6.04 Å². The van der Waals surface area contributed by atoms with Crippen molar-refractivity contribution in [3.63, 3.8) is 0 Å². The predicted molar refractivity (Wildman–Crippen MR) is 79.2 cm³/mol. The first kappa shape index (κ1) is 13.2. The second kappa shape index (κ2) is 5.15. The van der Waals surface area contributed by atoms with E-state index in [1.165, 1.54) is 27.6 Å². The van der Waals surface area contributed by atoms with Gasteiger partial charge in [0.05, 0.1) is 0 Å². The van der Waals surface area contributed by atoms with Gasteiger partial charge in [0.25, 0.3) is 0 Å². The van der Waals surface area contributed by atoms with E-state index in [4.69, 9.17) is 5.73 Å². The van der Waals surface area contributed by atoms with Crippen LogP contribution in [0.5, 0.6) is 0 Å². The van der Waals surface area contributed by atoms with Gasteiger partial charge in [-0.1, -0.05) is 0 Å². The predicted octanol–water partition coefficient (Wildman–Crippen LogP) is 3.73. The quantitative estimate of drug-likeness (QED) is 0.873. The van der Waals surface area contributed by atoms with E-state index in [0.717, 1.165) is 19.4 Å². The van der Waals surface area contributed by atoms with Gasteiger partial charge in [-0.2, -0.15) is 0 Å². The van der Waals surface area contributed by atoms with Crippen LogP contribution in [0.15, 0.2) is 18.3 Å². The summed E-state index contributed by atoms with van der Waals surface area (Å²) in [7, 11) is 0. The van der Waals surface area contributed by atoms with Gasteiger partial charge in [-0.05, 0) is 75.9 Å². The molecule has 0 aliphatic carbocycles. The Morgan fingerprint density at radius 2 is 1.83 bits per heavy atom. The Balaban J connectivity index is 2.61. The topological polar surface area (TPSA) is 30.9 Å². The van der Waals surface area contributed by atoms with E-state index >= 15 is 0 Å². The number of rotatable bonds is 4. The highest BCUT2D eigenvalue weighted by atomic mass is 15.0. The first-order chi connectivity index (χ1) is 8.54. The van der Waals surface area contributed by atoms with Crippen molar-refractivity contribution in [3.05, 3.63) is 35.0 Å². The van der Waals surface area contributed by atoms with E-state index in [9.17, 15) is 0 Å². The molecule has 0 radical (unpaired) electrons. The van der Waals surface area contributed by atoms with E-state index < -0.39 is 0 Å². The molecule has 98 valence electrons. The molecule has 0 bridgehead atoms.